The Hall–Kier alpha value is -2.66. The molecule has 0 bridgehead atoms. The minimum absolute atomic E-state index is 0.0373. The third-order valence-corrected chi connectivity index (χ3v) is 6.07. The number of aryl methyl sites for hydroxylation is 1. The van der Waals surface area contributed by atoms with Gasteiger partial charge < -0.3 is 10.0 Å². The van der Waals surface area contributed by atoms with Crippen LogP contribution in [-0.4, -0.2) is 27.7 Å². The maximum Gasteiger partial charge on any atom is 0.295 e. The molecule has 150 valence electrons. The van der Waals surface area contributed by atoms with Crippen molar-refractivity contribution >= 4 is 29.1 Å². The quantitative estimate of drug-likeness (QED) is 0.430. The molecule has 1 aliphatic carbocycles. The van der Waals surface area contributed by atoms with Crippen LogP contribution in [0.3, 0.4) is 0 Å². The Labute approximate surface area is 173 Å². The summed E-state index contributed by atoms with van der Waals surface area (Å²) in [5.41, 5.74) is 1.41. The molecule has 0 aromatic heterocycles. The van der Waals surface area contributed by atoms with E-state index in [4.69, 9.17) is 11.6 Å². The van der Waals surface area contributed by atoms with Crippen molar-refractivity contribution < 1.29 is 19.1 Å². The van der Waals surface area contributed by atoms with Gasteiger partial charge in [0.05, 0.1) is 11.6 Å². The van der Waals surface area contributed by atoms with Gasteiger partial charge in [0, 0.05) is 16.6 Å². The Balaban J connectivity index is 1.89. The van der Waals surface area contributed by atoms with Crippen molar-refractivity contribution in [2.45, 2.75) is 44.7 Å². The predicted octanol–water partition coefficient (Wildman–Crippen LogP) is 5.15. The Morgan fingerprint density at radius 1 is 1.10 bits per heavy atom. The lowest BCUT2D eigenvalue weighted by Crippen LogP contribution is -2.37. The van der Waals surface area contributed by atoms with Crippen LogP contribution in [0.25, 0.3) is 5.76 Å². The number of benzene rings is 2. The molecule has 1 aliphatic heterocycles. The highest BCUT2D eigenvalue weighted by Gasteiger charge is 2.49. The van der Waals surface area contributed by atoms with Crippen molar-refractivity contribution in [1.29, 1.82) is 0 Å². The van der Waals surface area contributed by atoms with Crippen molar-refractivity contribution in [2.75, 3.05) is 0 Å². The van der Waals surface area contributed by atoms with E-state index in [-0.39, 0.29) is 17.4 Å². The molecule has 4 rings (SSSR count). The average Bonchev–Trinajstić information content (AvgIpc) is 3.31. The lowest BCUT2D eigenvalue weighted by Gasteiger charge is -2.30. The number of hydrogen-bond donors (Lipinski definition) is 1. The number of likely N-dealkylation sites (tertiary alicyclic amines) is 1. The topological polar surface area (TPSA) is 57.6 Å². The maximum absolute atomic E-state index is 13.7. The van der Waals surface area contributed by atoms with E-state index >= 15 is 0 Å². The monoisotopic (exact) mass is 413 g/mol. The molecular formula is C23H21ClFNO3. The maximum atomic E-state index is 13.7. The number of nitrogens with zero attached hydrogens (tertiary/aromatic N) is 1. The Bertz CT molecular complexity index is 1010. The number of Topliss-reactive ketones (excluding diaryl/α,β-unsaturated/α-hetero) is 1. The SMILES string of the molecule is Cc1cc(/C(O)=C2/C(=O)C(=O)N(C3CCCC3)C2c2ccc(Cl)cc2)ccc1F. The van der Waals surface area contributed by atoms with Crippen molar-refractivity contribution in [3.63, 3.8) is 0 Å². The van der Waals surface area contributed by atoms with Gasteiger partial charge in [-0.15, -0.1) is 0 Å². The second kappa shape index (κ2) is 7.64. The number of ketones is 1. The highest BCUT2D eigenvalue weighted by molar-refractivity contribution is 6.46. The Morgan fingerprint density at radius 3 is 2.38 bits per heavy atom. The smallest absolute Gasteiger partial charge is 0.295 e. The van der Waals surface area contributed by atoms with Crippen molar-refractivity contribution in [3.8, 4) is 0 Å². The summed E-state index contributed by atoms with van der Waals surface area (Å²) < 4.78 is 13.7. The van der Waals surface area contributed by atoms with E-state index in [0.29, 0.717) is 21.7 Å². The summed E-state index contributed by atoms with van der Waals surface area (Å²) in [7, 11) is 0. The molecule has 0 spiro atoms. The molecule has 2 aromatic rings. The van der Waals surface area contributed by atoms with Gasteiger partial charge in [0.1, 0.15) is 11.6 Å². The zero-order valence-electron chi connectivity index (χ0n) is 16.0. The molecule has 2 aromatic carbocycles. The van der Waals surface area contributed by atoms with Crippen LogP contribution >= 0.6 is 11.6 Å². The average molecular weight is 414 g/mol. The number of amides is 1. The van der Waals surface area contributed by atoms with Gasteiger partial charge in [0.15, 0.2) is 0 Å². The molecular weight excluding hydrogens is 393 g/mol. The minimum Gasteiger partial charge on any atom is -0.507 e. The number of aliphatic hydroxyl groups excluding tert-OH is 1. The fourth-order valence-electron chi connectivity index (χ4n) is 4.33. The van der Waals surface area contributed by atoms with Gasteiger partial charge >= 0.3 is 0 Å². The number of halogens is 2. The molecule has 29 heavy (non-hydrogen) atoms. The lowest BCUT2D eigenvalue weighted by molar-refractivity contribution is -0.141. The van der Waals surface area contributed by atoms with Crippen molar-refractivity contribution in [3.05, 3.63) is 75.6 Å². The number of rotatable bonds is 3. The Kier molecular flexibility index (Phi) is 5.17. The first-order valence-corrected chi connectivity index (χ1v) is 10.1. The lowest BCUT2D eigenvalue weighted by atomic mass is 9.94. The van der Waals surface area contributed by atoms with E-state index in [1.165, 1.54) is 18.2 Å². The van der Waals surface area contributed by atoms with Crippen molar-refractivity contribution in [2.24, 2.45) is 0 Å². The molecule has 1 N–H and O–H groups in total. The number of hydrogen-bond acceptors (Lipinski definition) is 3. The molecule has 1 unspecified atom stereocenters. The summed E-state index contributed by atoms with van der Waals surface area (Å²) in [5.74, 6) is -2.00. The van der Waals surface area contributed by atoms with E-state index < -0.39 is 23.5 Å². The fraction of sp³-hybridized carbons (Fsp3) is 0.304. The summed E-state index contributed by atoms with van der Waals surface area (Å²) in [6.45, 7) is 1.58. The van der Waals surface area contributed by atoms with Crippen LogP contribution in [0.15, 0.2) is 48.0 Å². The zero-order chi connectivity index (χ0) is 20.7. The van der Waals surface area contributed by atoms with E-state index in [9.17, 15) is 19.1 Å². The molecule has 1 saturated carbocycles. The summed E-state index contributed by atoms with van der Waals surface area (Å²) in [6.07, 6.45) is 3.65. The number of carbonyl (C=O) groups excluding carboxylic acids is 2. The minimum atomic E-state index is -0.712. The molecule has 2 fully saturated rings. The molecule has 0 radical (unpaired) electrons. The van der Waals surface area contributed by atoms with E-state index in [2.05, 4.69) is 0 Å². The largest absolute Gasteiger partial charge is 0.507 e. The van der Waals surface area contributed by atoms with Crippen LogP contribution in [0.5, 0.6) is 0 Å². The summed E-state index contributed by atoms with van der Waals surface area (Å²) in [4.78, 5) is 27.5. The molecule has 1 amide bonds. The molecule has 1 heterocycles. The first-order valence-electron chi connectivity index (χ1n) is 9.70. The van der Waals surface area contributed by atoms with E-state index in [1.807, 2.05) is 0 Å². The van der Waals surface area contributed by atoms with Crippen molar-refractivity contribution in [1.82, 2.24) is 4.90 Å². The van der Waals surface area contributed by atoms with Crippen LogP contribution < -0.4 is 0 Å². The second-order valence-corrected chi connectivity index (χ2v) is 8.10. The fourth-order valence-corrected chi connectivity index (χ4v) is 4.45. The van der Waals surface area contributed by atoms with E-state index in [1.54, 1.807) is 36.1 Å². The molecule has 1 atom stereocenters. The number of aliphatic hydroxyl groups is 1. The van der Waals surface area contributed by atoms with E-state index in [0.717, 1.165) is 25.7 Å². The van der Waals surface area contributed by atoms with Crippen LogP contribution in [-0.2, 0) is 9.59 Å². The standard InChI is InChI=1S/C23H21ClFNO3/c1-13-12-15(8-11-18(13)25)21(27)19-20(14-6-9-16(24)10-7-14)26(23(29)22(19)28)17-4-2-3-5-17/h6-12,17,20,27H,2-5H2,1H3/b21-19-. The van der Waals surface area contributed by atoms with Crippen LogP contribution in [0, 0.1) is 12.7 Å². The summed E-state index contributed by atoms with van der Waals surface area (Å²) in [6, 6.07) is 10.3. The third kappa shape index (κ3) is 3.44. The summed E-state index contributed by atoms with van der Waals surface area (Å²) >= 11 is 6.02. The zero-order valence-corrected chi connectivity index (χ0v) is 16.7. The van der Waals surface area contributed by atoms with Crippen LogP contribution in [0.2, 0.25) is 5.02 Å². The van der Waals surface area contributed by atoms with Gasteiger partial charge in [-0.2, -0.15) is 0 Å². The summed E-state index contributed by atoms with van der Waals surface area (Å²) in [5, 5.41) is 11.5. The first-order chi connectivity index (χ1) is 13.9. The van der Waals surface area contributed by atoms with Gasteiger partial charge in [0.2, 0.25) is 0 Å². The predicted molar refractivity (Wildman–Crippen MR) is 109 cm³/mol. The Morgan fingerprint density at radius 2 is 1.76 bits per heavy atom. The van der Waals surface area contributed by atoms with Gasteiger partial charge in [-0.05, 0) is 61.2 Å². The molecule has 4 nitrogen and oxygen atoms in total. The van der Waals surface area contributed by atoms with Gasteiger partial charge in [0.25, 0.3) is 11.7 Å². The molecule has 6 heteroatoms. The highest BCUT2D eigenvalue weighted by Crippen LogP contribution is 2.43. The second-order valence-electron chi connectivity index (χ2n) is 7.66. The molecule has 2 aliphatic rings. The third-order valence-electron chi connectivity index (χ3n) is 5.82. The molecule has 1 saturated heterocycles. The van der Waals surface area contributed by atoms with Crippen LogP contribution in [0.4, 0.5) is 4.39 Å². The highest BCUT2D eigenvalue weighted by atomic mass is 35.5. The van der Waals surface area contributed by atoms with Crippen LogP contribution in [0.1, 0.15) is 48.4 Å². The van der Waals surface area contributed by atoms with Gasteiger partial charge in [-0.25, -0.2) is 4.39 Å². The van der Waals surface area contributed by atoms with Gasteiger partial charge in [-0.3, -0.25) is 9.59 Å². The van der Waals surface area contributed by atoms with Gasteiger partial charge in [-0.1, -0.05) is 36.6 Å². The number of carbonyl (C=O) groups is 2. The first kappa shape index (κ1) is 19.6. The normalized spacial score (nSPS) is 21.9.